The summed E-state index contributed by atoms with van der Waals surface area (Å²) in [6.45, 7) is 8.54. The summed E-state index contributed by atoms with van der Waals surface area (Å²) in [5.41, 5.74) is -2.94. The predicted molar refractivity (Wildman–Crippen MR) is 180 cm³/mol. The lowest BCUT2D eigenvalue weighted by Crippen LogP contribution is -2.56. The summed E-state index contributed by atoms with van der Waals surface area (Å²) in [7, 11) is 0. The van der Waals surface area contributed by atoms with Crippen LogP contribution in [0.25, 0.3) is 0 Å². The van der Waals surface area contributed by atoms with Gasteiger partial charge in [0.25, 0.3) is 0 Å². The van der Waals surface area contributed by atoms with Gasteiger partial charge in [-0.2, -0.15) is 0 Å². The van der Waals surface area contributed by atoms with Crippen LogP contribution in [0.3, 0.4) is 0 Å². The monoisotopic (exact) mass is 640 g/mol. The largest absolute Gasteiger partial charge is 0.464 e. The van der Waals surface area contributed by atoms with Crippen LogP contribution >= 0.6 is 0 Å². The van der Waals surface area contributed by atoms with Gasteiger partial charge in [0.1, 0.15) is 0 Å². The van der Waals surface area contributed by atoms with Gasteiger partial charge in [0.2, 0.25) is 0 Å². The van der Waals surface area contributed by atoms with Crippen LogP contribution in [-0.4, -0.2) is 50.3 Å². The van der Waals surface area contributed by atoms with Crippen molar-refractivity contribution in [1.82, 2.24) is 0 Å². The van der Waals surface area contributed by atoms with Crippen molar-refractivity contribution in [1.29, 1.82) is 0 Å². The van der Waals surface area contributed by atoms with E-state index in [4.69, 9.17) is 18.9 Å². The van der Waals surface area contributed by atoms with Crippen molar-refractivity contribution in [3.8, 4) is 0 Å². The van der Waals surface area contributed by atoms with Crippen LogP contribution in [0, 0.1) is 5.41 Å². The van der Waals surface area contributed by atoms with Crippen molar-refractivity contribution in [3.05, 3.63) is 0 Å². The first-order chi connectivity index (χ1) is 21.9. The van der Waals surface area contributed by atoms with E-state index in [1.54, 1.807) is 0 Å². The highest BCUT2D eigenvalue weighted by atomic mass is 16.6. The van der Waals surface area contributed by atoms with Gasteiger partial charge in [0.05, 0.1) is 26.4 Å². The standard InChI is InChI=1S/C37H68O8/c1-5-9-13-17-21-25-29-42-33(38)37(34(39)43-30-26-22-18-14-10-6-2,35(40)44-31-27-23-19-15-11-7-3)36(41)45-32-28-24-20-16-12-8-4/h5-32H2,1-4H3. The van der Waals surface area contributed by atoms with Crippen LogP contribution in [0.2, 0.25) is 0 Å². The topological polar surface area (TPSA) is 105 Å². The number of hydrogen-bond acceptors (Lipinski definition) is 8. The van der Waals surface area contributed by atoms with E-state index < -0.39 is 29.3 Å². The minimum Gasteiger partial charge on any atom is -0.464 e. The first-order valence-electron chi connectivity index (χ1n) is 18.6. The molecule has 0 unspecified atom stereocenters. The molecule has 8 nitrogen and oxygen atoms in total. The summed E-state index contributed by atoms with van der Waals surface area (Å²) in [5.74, 6) is -5.04. The summed E-state index contributed by atoms with van der Waals surface area (Å²) in [6, 6.07) is 0. The minimum absolute atomic E-state index is 0.00711. The Kier molecular flexibility index (Phi) is 29.1. The molecule has 0 fully saturated rings. The van der Waals surface area contributed by atoms with Crippen molar-refractivity contribution >= 4 is 23.9 Å². The molecule has 0 spiro atoms. The van der Waals surface area contributed by atoms with Crippen molar-refractivity contribution in [2.45, 2.75) is 182 Å². The average molecular weight is 641 g/mol. The predicted octanol–water partition coefficient (Wildman–Crippen LogP) is 9.59. The zero-order valence-corrected chi connectivity index (χ0v) is 29.6. The highest BCUT2D eigenvalue weighted by Crippen LogP contribution is 2.28. The molecule has 0 N–H and O–H groups in total. The molecule has 0 amide bonds. The Bertz CT molecular complexity index is 625. The smallest absolute Gasteiger partial charge is 0.355 e. The molecule has 0 aliphatic rings. The molecule has 0 heterocycles. The second-order valence-corrected chi connectivity index (χ2v) is 12.4. The molecule has 0 aromatic rings. The molecular formula is C37H68O8. The maximum Gasteiger partial charge on any atom is 0.355 e. The molecule has 8 heteroatoms. The van der Waals surface area contributed by atoms with Gasteiger partial charge in [-0.3, -0.25) is 0 Å². The molecule has 0 rings (SSSR count). The maximum absolute atomic E-state index is 13.6. The van der Waals surface area contributed by atoms with E-state index in [0.29, 0.717) is 25.7 Å². The van der Waals surface area contributed by atoms with E-state index >= 15 is 0 Å². The van der Waals surface area contributed by atoms with E-state index in [-0.39, 0.29) is 26.4 Å². The number of ether oxygens (including phenoxy) is 4. The first kappa shape index (κ1) is 42.9. The van der Waals surface area contributed by atoms with Gasteiger partial charge in [-0.15, -0.1) is 0 Å². The van der Waals surface area contributed by atoms with Crippen molar-refractivity contribution in [2.75, 3.05) is 26.4 Å². The lowest BCUT2D eigenvalue weighted by Gasteiger charge is -2.26. The Morgan fingerprint density at radius 3 is 0.689 bits per heavy atom. The summed E-state index contributed by atoms with van der Waals surface area (Å²) in [6.07, 6.45) is 23.1. The van der Waals surface area contributed by atoms with Crippen LogP contribution in [0.4, 0.5) is 0 Å². The molecule has 0 aliphatic carbocycles. The quantitative estimate of drug-likeness (QED) is 0.0310. The Labute approximate surface area is 275 Å². The highest BCUT2D eigenvalue weighted by Gasteiger charge is 2.65. The molecule has 0 atom stereocenters. The van der Waals surface area contributed by atoms with E-state index in [9.17, 15) is 19.2 Å². The molecule has 0 aromatic carbocycles. The van der Waals surface area contributed by atoms with E-state index in [2.05, 4.69) is 27.7 Å². The lowest BCUT2D eigenvalue weighted by molar-refractivity contribution is -0.193. The van der Waals surface area contributed by atoms with Gasteiger partial charge < -0.3 is 18.9 Å². The summed E-state index contributed by atoms with van der Waals surface area (Å²) in [5, 5.41) is 0. The number of unbranched alkanes of at least 4 members (excludes halogenated alkanes) is 20. The first-order valence-corrected chi connectivity index (χ1v) is 18.6. The van der Waals surface area contributed by atoms with Crippen molar-refractivity contribution in [2.24, 2.45) is 5.41 Å². The third-order valence-electron chi connectivity index (χ3n) is 8.15. The normalized spacial score (nSPS) is 11.3. The van der Waals surface area contributed by atoms with Crippen LogP contribution < -0.4 is 0 Å². The Balaban J connectivity index is 5.68. The molecule has 0 saturated heterocycles. The van der Waals surface area contributed by atoms with Crippen LogP contribution in [0.15, 0.2) is 0 Å². The second-order valence-electron chi connectivity index (χ2n) is 12.4. The SMILES string of the molecule is CCCCCCCCOC(=O)C(C(=O)OCCCCCCCC)(C(=O)OCCCCCCCC)C(=O)OCCCCCCCC. The molecule has 0 aliphatic heterocycles. The number of carbonyl (C=O) groups excluding carboxylic acids is 4. The number of hydrogen-bond donors (Lipinski definition) is 0. The fraction of sp³-hybridized carbons (Fsp3) is 0.892. The maximum atomic E-state index is 13.6. The van der Waals surface area contributed by atoms with Crippen LogP contribution in [0.1, 0.15) is 182 Å². The number of esters is 4. The zero-order chi connectivity index (χ0) is 33.4. The fourth-order valence-corrected chi connectivity index (χ4v) is 5.12. The molecule has 45 heavy (non-hydrogen) atoms. The van der Waals surface area contributed by atoms with E-state index in [1.165, 1.54) is 0 Å². The van der Waals surface area contributed by atoms with Gasteiger partial charge in [0.15, 0.2) is 0 Å². The third kappa shape index (κ3) is 19.9. The minimum atomic E-state index is -2.94. The highest BCUT2D eigenvalue weighted by molar-refractivity contribution is 6.32. The number of carbonyl (C=O) groups is 4. The fourth-order valence-electron chi connectivity index (χ4n) is 5.12. The van der Waals surface area contributed by atoms with Crippen molar-refractivity contribution in [3.63, 3.8) is 0 Å². The number of rotatable bonds is 32. The molecule has 0 bridgehead atoms. The molecule has 0 radical (unpaired) electrons. The Hall–Kier alpha value is -2.12. The zero-order valence-electron chi connectivity index (χ0n) is 29.6. The van der Waals surface area contributed by atoms with Crippen LogP contribution in [-0.2, 0) is 38.1 Å². The second kappa shape index (κ2) is 30.5. The van der Waals surface area contributed by atoms with Crippen LogP contribution in [0.5, 0.6) is 0 Å². The van der Waals surface area contributed by atoms with Gasteiger partial charge in [0, 0.05) is 0 Å². The summed E-state index contributed by atoms with van der Waals surface area (Å²) in [4.78, 5) is 54.5. The molecule has 0 saturated carbocycles. The van der Waals surface area contributed by atoms with Gasteiger partial charge >= 0.3 is 29.3 Å². The summed E-state index contributed by atoms with van der Waals surface area (Å²) < 4.78 is 21.8. The summed E-state index contributed by atoms with van der Waals surface area (Å²) >= 11 is 0. The van der Waals surface area contributed by atoms with Gasteiger partial charge in [-0.05, 0) is 25.7 Å². The van der Waals surface area contributed by atoms with E-state index in [1.807, 2.05) is 0 Å². The van der Waals surface area contributed by atoms with Gasteiger partial charge in [-0.1, -0.05) is 156 Å². The molecular weight excluding hydrogens is 572 g/mol. The van der Waals surface area contributed by atoms with Crippen molar-refractivity contribution < 1.29 is 38.1 Å². The molecule has 0 aromatic heterocycles. The Morgan fingerprint density at radius 2 is 0.489 bits per heavy atom. The average Bonchev–Trinajstić information content (AvgIpc) is 3.03. The van der Waals surface area contributed by atoms with Gasteiger partial charge in [-0.25, -0.2) is 19.2 Å². The van der Waals surface area contributed by atoms with E-state index in [0.717, 1.165) is 128 Å². The Morgan fingerprint density at radius 1 is 0.311 bits per heavy atom. The lowest BCUT2D eigenvalue weighted by atomic mass is 9.88. The molecule has 264 valence electrons. The third-order valence-corrected chi connectivity index (χ3v) is 8.15.